The lowest BCUT2D eigenvalue weighted by atomic mass is 9.85. The van der Waals surface area contributed by atoms with Gasteiger partial charge >= 0.3 is 0 Å². The van der Waals surface area contributed by atoms with E-state index in [9.17, 15) is 4.79 Å². The lowest BCUT2D eigenvalue weighted by Gasteiger charge is -2.25. The first-order valence-electron chi connectivity index (χ1n) is 7.12. The Morgan fingerprint density at radius 1 is 1.26 bits per heavy atom. The van der Waals surface area contributed by atoms with Gasteiger partial charge in [0.25, 0.3) is 0 Å². The van der Waals surface area contributed by atoms with E-state index < -0.39 is 0 Å². The molecule has 0 aliphatic heterocycles. The van der Waals surface area contributed by atoms with E-state index in [2.05, 4.69) is 19.1 Å². The number of benzene rings is 1. The molecular weight excluding hydrogens is 236 g/mol. The number of carbonyl (C=O) groups excluding carboxylic acids is 1. The Labute approximate surface area is 115 Å². The predicted octanol–water partition coefficient (Wildman–Crippen LogP) is 4.26. The number of hydrogen-bond donors (Lipinski definition) is 0. The molecule has 0 bridgehead atoms. The predicted molar refractivity (Wildman–Crippen MR) is 77.6 cm³/mol. The number of para-hydroxylation sites is 1. The Morgan fingerprint density at radius 2 is 2.00 bits per heavy atom. The summed E-state index contributed by atoms with van der Waals surface area (Å²) < 4.78 is 5.92. The SMILES string of the molecule is CCC(=O)c1ccccc1OCC1CC=CCC1C. The molecule has 0 amide bonds. The lowest BCUT2D eigenvalue weighted by Crippen LogP contribution is -2.21. The second-order valence-corrected chi connectivity index (χ2v) is 5.26. The average molecular weight is 258 g/mol. The van der Waals surface area contributed by atoms with Gasteiger partial charge in [-0.2, -0.15) is 0 Å². The minimum absolute atomic E-state index is 0.146. The van der Waals surface area contributed by atoms with Crippen LogP contribution in [0.2, 0.25) is 0 Å². The molecule has 0 aromatic heterocycles. The van der Waals surface area contributed by atoms with Crippen molar-refractivity contribution < 1.29 is 9.53 Å². The molecule has 1 aliphatic rings. The van der Waals surface area contributed by atoms with Gasteiger partial charge in [0.15, 0.2) is 5.78 Å². The molecule has 0 radical (unpaired) electrons. The van der Waals surface area contributed by atoms with Gasteiger partial charge in [-0.05, 0) is 36.8 Å². The highest BCUT2D eigenvalue weighted by Crippen LogP contribution is 2.27. The Hall–Kier alpha value is -1.57. The van der Waals surface area contributed by atoms with Crippen LogP contribution >= 0.6 is 0 Å². The zero-order valence-corrected chi connectivity index (χ0v) is 11.8. The molecule has 102 valence electrons. The quantitative estimate of drug-likeness (QED) is 0.582. The summed E-state index contributed by atoms with van der Waals surface area (Å²) in [5, 5.41) is 0. The van der Waals surface area contributed by atoms with E-state index in [-0.39, 0.29) is 5.78 Å². The molecule has 2 atom stereocenters. The van der Waals surface area contributed by atoms with Crippen LogP contribution in [0.4, 0.5) is 0 Å². The van der Waals surface area contributed by atoms with E-state index in [1.54, 1.807) is 0 Å². The number of allylic oxidation sites excluding steroid dienone is 2. The number of hydrogen-bond acceptors (Lipinski definition) is 2. The van der Waals surface area contributed by atoms with Crippen molar-refractivity contribution in [2.45, 2.75) is 33.1 Å². The standard InChI is InChI=1S/C17H22O2/c1-3-16(18)15-10-6-7-11-17(15)19-12-14-9-5-4-8-13(14)2/h4-7,10-11,13-14H,3,8-9,12H2,1-2H3. The molecule has 0 heterocycles. The summed E-state index contributed by atoms with van der Waals surface area (Å²) in [7, 11) is 0. The maximum atomic E-state index is 11.9. The van der Waals surface area contributed by atoms with Gasteiger partial charge in [-0.15, -0.1) is 0 Å². The second kappa shape index (κ2) is 6.55. The largest absolute Gasteiger partial charge is 0.493 e. The molecule has 1 aromatic rings. The molecule has 2 heteroatoms. The molecule has 0 saturated carbocycles. The van der Waals surface area contributed by atoms with E-state index in [0.29, 0.717) is 30.4 Å². The van der Waals surface area contributed by atoms with Crippen molar-refractivity contribution >= 4 is 5.78 Å². The van der Waals surface area contributed by atoms with E-state index in [1.165, 1.54) is 0 Å². The third kappa shape index (κ3) is 3.46. The van der Waals surface area contributed by atoms with Gasteiger partial charge in [0.05, 0.1) is 12.2 Å². The number of ketones is 1. The first-order chi connectivity index (χ1) is 9.22. The summed E-state index contributed by atoms with van der Waals surface area (Å²) in [6.45, 7) is 4.84. The zero-order valence-electron chi connectivity index (χ0n) is 11.8. The molecule has 2 nitrogen and oxygen atoms in total. The van der Waals surface area contributed by atoms with Crippen LogP contribution < -0.4 is 4.74 Å². The smallest absolute Gasteiger partial charge is 0.166 e. The minimum Gasteiger partial charge on any atom is -0.493 e. The van der Waals surface area contributed by atoms with Crippen LogP contribution in [0.5, 0.6) is 5.75 Å². The van der Waals surface area contributed by atoms with E-state index in [1.807, 2.05) is 31.2 Å². The van der Waals surface area contributed by atoms with E-state index in [4.69, 9.17) is 4.74 Å². The number of Topliss-reactive ketones (excluding diaryl/α,β-unsaturated/α-hetero) is 1. The van der Waals surface area contributed by atoms with Crippen LogP contribution in [0, 0.1) is 11.8 Å². The highest BCUT2D eigenvalue weighted by molar-refractivity contribution is 5.98. The molecule has 0 N–H and O–H groups in total. The van der Waals surface area contributed by atoms with Crippen molar-refractivity contribution in [3.63, 3.8) is 0 Å². The number of ether oxygens (including phenoxy) is 1. The molecule has 1 aliphatic carbocycles. The van der Waals surface area contributed by atoms with Crippen LogP contribution in [0.25, 0.3) is 0 Å². The maximum Gasteiger partial charge on any atom is 0.166 e. The van der Waals surface area contributed by atoms with Gasteiger partial charge in [0, 0.05) is 6.42 Å². The minimum atomic E-state index is 0.146. The Balaban J connectivity index is 2.03. The van der Waals surface area contributed by atoms with Crippen molar-refractivity contribution in [3.05, 3.63) is 42.0 Å². The summed E-state index contributed by atoms with van der Waals surface area (Å²) in [6.07, 6.45) is 7.20. The highest BCUT2D eigenvalue weighted by atomic mass is 16.5. The molecule has 1 aromatic carbocycles. The summed E-state index contributed by atoms with van der Waals surface area (Å²) in [5.41, 5.74) is 0.712. The number of rotatable bonds is 5. The van der Waals surface area contributed by atoms with E-state index in [0.717, 1.165) is 18.6 Å². The van der Waals surface area contributed by atoms with Crippen LogP contribution in [0.3, 0.4) is 0 Å². The van der Waals surface area contributed by atoms with Crippen molar-refractivity contribution in [2.75, 3.05) is 6.61 Å². The van der Waals surface area contributed by atoms with Gasteiger partial charge in [-0.1, -0.05) is 38.1 Å². The first kappa shape index (κ1) is 13.9. The Morgan fingerprint density at radius 3 is 2.74 bits per heavy atom. The Bertz CT molecular complexity index is 462. The molecular formula is C17H22O2. The van der Waals surface area contributed by atoms with Crippen molar-refractivity contribution in [3.8, 4) is 5.75 Å². The average Bonchev–Trinajstić information content (AvgIpc) is 2.46. The lowest BCUT2D eigenvalue weighted by molar-refractivity contribution is 0.0982. The molecule has 0 saturated heterocycles. The van der Waals surface area contributed by atoms with Crippen molar-refractivity contribution in [1.29, 1.82) is 0 Å². The van der Waals surface area contributed by atoms with Crippen LogP contribution in [-0.4, -0.2) is 12.4 Å². The highest BCUT2D eigenvalue weighted by Gasteiger charge is 2.19. The van der Waals surface area contributed by atoms with Gasteiger partial charge in [-0.3, -0.25) is 4.79 Å². The fraction of sp³-hybridized carbons (Fsp3) is 0.471. The monoisotopic (exact) mass is 258 g/mol. The summed E-state index contributed by atoms with van der Waals surface area (Å²) in [5.74, 6) is 2.08. The van der Waals surface area contributed by atoms with Gasteiger partial charge in [0.2, 0.25) is 0 Å². The molecule has 0 spiro atoms. The van der Waals surface area contributed by atoms with Crippen LogP contribution in [0.15, 0.2) is 36.4 Å². The van der Waals surface area contributed by atoms with Gasteiger partial charge in [-0.25, -0.2) is 0 Å². The van der Waals surface area contributed by atoms with Gasteiger partial charge in [0.1, 0.15) is 5.75 Å². The third-order valence-electron chi connectivity index (χ3n) is 3.88. The maximum absolute atomic E-state index is 11.9. The van der Waals surface area contributed by atoms with Crippen molar-refractivity contribution in [1.82, 2.24) is 0 Å². The van der Waals surface area contributed by atoms with Crippen LogP contribution in [0.1, 0.15) is 43.5 Å². The second-order valence-electron chi connectivity index (χ2n) is 5.26. The number of carbonyl (C=O) groups is 1. The van der Waals surface area contributed by atoms with E-state index >= 15 is 0 Å². The zero-order chi connectivity index (χ0) is 13.7. The fourth-order valence-electron chi connectivity index (χ4n) is 2.45. The third-order valence-corrected chi connectivity index (χ3v) is 3.88. The normalized spacial score (nSPS) is 22.2. The first-order valence-corrected chi connectivity index (χ1v) is 7.12. The van der Waals surface area contributed by atoms with Crippen molar-refractivity contribution in [2.24, 2.45) is 11.8 Å². The summed E-state index contributed by atoms with van der Waals surface area (Å²) >= 11 is 0. The molecule has 2 rings (SSSR count). The topological polar surface area (TPSA) is 26.3 Å². The molecule has 19 heavy (non-hydrogen) atoms. The molecule has 2 unspecified atom stereocenters. The fourth-order valence-corrected chi connectivity index (χ4v) is 2.45. The molecule has 0 fully saturated rings. The van der Waals surface area contributed by atoms with Crippen LogP contribution in [-0.2, 0) is 0 Å². The van der Waals surface area contributed by atoms with Gasteiger partial charge < -0.3 is 4.74 Å². The Kier molecular flexibility index (Phi) is 4.78. The summed E-state index contributed by atoms with van der Waals surface area (Å²) in [4.78, 5) is 11.9. The summed E-state index contributed by atoms with van der Waals surface area (Å²) in [6, 6.07) is 7.56.